The maximum absolute atomic E-state index is 11.9. The lowest BCUT2D eigenvalue weighted by molar-refractivity contribution is 0.169. The van der Waals surface area contributed by atoms with E-state index in [1.165, 1.54) is 37.2 Å². The van der Waals surface area contributed by atoms with E-state index in [4.69, 9.17) is 4.99 Å². The second-order valence-corrected chi connectivity index (χ2v) is 8.49. The van der Waals surface area contributed by atoms with Crippen molar-refractivity contribution in [2.75, 3.05) is 13.1 Å². The first-order valence-electron chi connectivity index (χ1n) is 10.3. The van der Waals surface area contributed by atoms with Crippen LogP contribution in [0.1, 0.15) is 44.7 Å². The monoisotopic (exact) mass is 379 g/mol. The molecule has 4 nitrogen and oxygen atoms in total. The lowest BCUT2D eigenvalue weighted by atomic mass is 9.92. The molecule has 0 radical (unpaired) electrons. The van der Waals surface area contributed by atoms with E-state index in [9.17, 15) is 4.79 Å². The van der Waals surface area contributed by atoms with Gasteiger partial charge < -0.3 is 9.47 Å². The minimum absolute atomic E-state index is 0.0563. The molecule has 0 N–H and O–H groups in total. The molecule has 0 spiro atoms. The normalized spacial score (nSPS) is 16.8. The zero-order chi connectivity index (χ0) is 20.4. The Morgan fingerprint density at radius 1 is 1.07 bits per heavy atom. The topological polar surface area (TPSA) is 37.6 Å². The van der Waals surface area contributed by atoms with Gasteiger partial charge in [0.2, 0.25) is 0 Å². The van der Waals surface area contributed by atoms with Crippen LogP contribution in [0.4, 0.5) is 5.69 Å². The molecular weight excluding hydrogens is 346 g/mol. The van der Waals surface area contributed by atoms with Crippen molar-refractivity contribution in [3.8, 4) is 11.1 Å². The summed E-state index contributed by atoms with van der Waals surface area (Å²) in [5.41, 5.74) is 6.48. The molecule has 3 rings (SSSR count). The number of aryl methyl sites for hydroxylation is 3. The number of nitrogens with zero attached hydrogens (tertiary/aromatic N) is 3. The molecule has 0 bridgehead atoms. The zero-order valence-electron chi connectivity index (χ0n) is 18.1. The van der Waals surface area contributed by atoms with E-state index >= 15 is 0 Å². The molecular formula is C24H33N3O. The van der Waals surface area contributed by atoms with Crippen molar-refractivity contribution >= 4 is 11.4 Å². The second kappa shape index (κ2) is 8.44. The van der Waals surface area contributed by atoms with E-state index in [0.29, 0.717) is 12.0 Å². The summed E-state index contributed by atoms with van der Waals surface area (Å²) in [5, 5.41) is 0. The number of hydrogen-bond acceptors (Lipinski definition) is 3. The maximum Gasteiger partial charge on any atom is 0.253 e. The van der Waals surface area contributed by atoms with E-state index in [1.807, 2.05) is 19.2 Å². The van der Waals surface area contributed by atoms with Crippen LogP contribution in [0.2, 0.25) is 0 Å². The second-order valence-electron chi connectivity index (χ2n) is 8.49. The van der Waals surface area contributed by atoms with Gasteiger partial charge in [-0.15, -0.1) is 0 Å². The Morgan fingerprint density at radius 2 is 1.71 bits per heavy atom. The maximum atomic E-state index is 11.9. The van der Waals surface area contributed by atoms with Gasteiger partial charge in [0.15, 0.2) is 0 Å². The molecule has 0 atom stereocenters. The Labute approximate surface area is 168 Å². The average molecular weight is 380 g/mol. The van der Waals surface area contributed by atoms with Gasteiger partial charge in [0, 0.05) is 30.6 Å². The summed E-state index contributed by atoms with van der Waals surface area (Å²) in [6.45, 7) is 13.0. The summed E-state index contributed by atoms with van der Waals surface area (Å²) >= 11 is 0. The molecule has 1 saturated heterocycles. The number of aromatic nitrogens is 1. The Balaban J connectivity index is 1.79. The largest absolute Gasteiger partial charge is 0.318 e. The highest BCUT2D eigenvalue weighted by Crippen LogP contribution is 2.28. The fourth-order valence-corrected chi connectivity index (χ4v) is 4.11. The number of likely N-dealkylation sites (tertiary alicyclic amines) is 1. The van der Waals surface area contributed by atoms with E-state index in [0.717, 1.165) is 22.4 Å². The first-order valence-corrected chi connectivity index (χ1v) is 10.3. The summed E-state index contributed by atoms with van der Waals surface area (Å²) in [6, 6.07) is 8.99. The Bertz CT molecular complexity index is 905. The van der Waals surface area contributed by atoms with Gasteiger partial charge in [0.25, 0.3) is 5.56 Å². The molecule has 0 unspecified atom stereocenters. The molecule has 0 aliphatic carbocycles. The van der Waals surface area contributed by atoms with E-state index in [-0.39, 0.29) is 5.56 Å². The Hall–Kier alpha value is -2.20. The fourth-order valence-electron chi connectivity index (χ4n) is 4.11. The van der Waals surface area contributed by atoms with Crippen molar-refractivity contribution in [1.82, 2.24) is 9.47 Å². The number of rotatable bonds is 4. The lowest BCUT2D eigenvalue weighted by Gasteiger charge is -2.34. The van der Waals surface area contributed by atoms with Crippen LogP contribution in [0.25, 0.3) is 11.1 Å². The number of aliphatic imine (C=N–C) groups is 1. The number of pyridine rings is 1. The third kappa shape index (κ3) is 4.44. The highest BCUT2D eigenvalue weighted by Gasteiger charge is 2.22. The molecule has 0 amide bonds. The van der Waals surface area contributed by atoms with Crippen LogP contribution in [-0.4, -0.2) is 34.3 Å². The van der Waals surface area contributed by atoms with Gasteiger partial charge in [0.05, 0.1) is 5.69 Å². The molecule has 1 aliphatic rings. The van der Waals surface area contributed by atoms with Crippen molar-refractivity contribution in [2.24, 2.45) is 18.0 Å². The van der Waals surface area contributed by atoms with Crippen LogP contribution in [0.15, 0.2) is 40.2 Å². The lowest BCUT2D eigenvalue weighted by Crippen LogP contribution is -2.39. The van der Waals surface area contributed by atoms with E-state index in [2.05, 4.69) is 50.8 Å². The summed E-state index contributed by atoms with van der Waals surface area (Å²) in [7, 11) is 1.80. The van der Waals surface area contributed by atoms with Crippen LogP contribution >= 0.6 is 0 Å². The predicted octanol–water partition coefficient (Wildman–Crippen LogP) is 4.88. The van der Waals surface area contributed by atoms with Gasteiger partial charge in [-0.1, -0.05) is 6.07 Å². The molecule has 2 aromatic rings. The summed E-state index contributed by atoms with van der Waals surface area (Å²) in [4.78, 5) is 19.5. The highest BCUT2D eigenvalue weighted by molar-refractivity contribution is 5.87. The molecule has 0 saturated carbocycles. The van der Waals surface area contributed by atoms with Gasteiger partial charge in [0.1, 0.15) is 0 Å². The Morgan fingerprint density at radius 3 is 2.29 bits per heavy atom. The molecule has 2 heterocycles. The molecule has 28 heavy (non-hydrogen) atoms. The zero-order valence-corrected chi connectivity index (χ0v) is 18.1. The standard InChI is InChI=1S/C24H33N3O/c1-16(2)27-11-9-20(10-12-27)19(5)25-23-8-7-21(13-17(23)3)22-14-18(4)24(28)26(6)15-22/h7-8,13-16,20H,9-12H2,1-6H3. The first-order chi connectivity index (χ1) is 13.3. The van der Waals surface area contributed by atoms with Crippen LogP contribution < -0.4 is 5.56 Å². The van der Waals surface area contributed by atoms with Crippen molar-refractivity contribution < 1.29 is 0 Å². The van der Waals surface area contributed by atoms with E-state index in [1.54, 1.807) is 11.6 Å². The SMILES string of the molecule is CC(=Nc1ccc(-c2cc(C)c(=O)n(C)c2)cc1C)C1CCN(C(C)C)CC1. The Kier molecular flexibility index (Phi) is 6.19. The van der Waals surface area contributed by atoms with Gasteiger partial charge in [-0.25, -0.2) is 0 Å². The van der Waals surface area contributed by atoms with E-state index < -0.39 is 0 Å². The molecule has 1 aliphatic heterocycles. The minimum atomic E-state index is 0.0563. The van der Waals surface area contributed by atoms with Gasteiger partial charge in [-0.2, -0.15) is 0 Å². The van der Waals surface area contributed by atoms with Gasteiger partial charge >= 0.3 is 0 Å². The quantitative estimate of drug-likeness (QED) is 0.710. The van der Waals surface area contributed by atoms with Crippen molar-refractivity contribution in [3.63, 3.8) is 0 Å². The number of piperidine rings is 1. The van der Waals surface area contributed by atoms with Crippen molar-refractivity contribution in [1.29, 1.82) is 0 Å². The third-order valence-electron chi connectivity index (χ3n) is 6.04. The molecule has 1 aromatic carbocycles. The summed E-state index contributed by atoms with van der Waals surface area (Å²) in [5.74, 6) is 0.584. The molecule has 150 valence electrons. The molecule has 1 aromatic heterocycles. The highest BCUT2D eigenvalue weighted by atomic mass is 16.1. The molecule has 4 heteroatoms. The summed E-state index contributed by atoms with van der Waals surface area (Å²) in [6.07, 6.45) is 4.30. The van der Waals surface area contributed by atoms with Crippen molar-refractivity contribution in [2.45, 2.75) is 53.5 Å². The van der Waals surface area contributed by atoms with Crippen LogP contribution in [-0.2, 0) is 7.05 Å². The summed E-state index contributed by atoms with van der Waals surface area (Å²) < 4.78 is 1.65. The fraction of sp³-hybridized carbons (Fsp3) is 0.500. The first kappa shape index (κ1) is 20.5. The van der Waals surface area contributed by atoms with Crippen LogP contribution in [0, 0.1) is 19.8 Å². The number of hydrogen-bond donors (Lipinski definition) is 0. The van der Waals surface area contributed by atoms with Crippen molar-refractivity contribution in [3.05, 3.63) is 51.9 Å². The average Bonchev–Trinajstić information content (AvgIpc) is 2.67. The molecule has 1 fully saturated rings. The van der Waals surface area contributed by atoms with Gasteiger partial charge in [-0.05, 0) is 101 Å². The third-order valence-corrected chi connectivity index (χ3v) is 6.04. The predicted molar refractivity (Wildman–Crippen MR) is 119 cm³/mol. The van der Waals surface area contributed by atoms with Crippen LogP contribution in [0.5, 0.6) is 0 Å². The number of benzene rings is 1. The minimum Gasteiger partial charge on any atom is -0.318 e. The van der Waals surface area contributed by atoms with Gasteiger partial charge in [-0.3, -0.25) is 9.79 Å². The van der Waals surface area contributed by atoms with Crippen LogP contribution in [0.3, 0.4) is 0 Å². The smallest absolute Gasteiger partial charge is 0.253 e.